The number of aromatic hydroxyl groups is 1. The van der Waals surface area contributed by atoms with Crippen molar-refractivity contribution in [3.8, 4) is 16.5 Å². The van der Waals surface area contributed by atoms with Crippen molar-refractivity contribution in [2.24, 2.45) is 0 Å². The number of halogens is 1. The molecule has 0 amide bonds. The fourth-order valence-corrected chi connectivity index (χ4v) is 2.82. The van der Waals surface area contributed by atoms with Gasteiger partial charge in [-0.15, -0.1) is 11.3 Å². The summed E-state index contributed by atoms with van der Waals surface area (Å²) in [7, 11) is 0. The van der Waals surface area contributed by atoms with E-state index in [1.165, 1.54) is 11.3 Å². The van der Waals surface area contributed by atoms with Gasteiger partial charge in [0, 0.05) is 10.9 Å². The highest BCUT2D eigenvalue weighted by molar-refractivity contribution is 9.10. The second-order valence-electron chi connectivity index (χ2n) is 3.92. The van der Waals surface area contributed by atoms with Crippen molar-refractivity contribution in [2.75, 3.05) is 0 Å². The van der Waals surface area contributed by atoms with Crippen LogP contribution < -0.4 is 0 Å². The standard InChI is InChI=1S/C13H9BrN2O2S/c14-9-4-2-1-3-8(9)7-11-15-13(18-16-11)12-10(17)5-6-19-12/h1-6,17H,7H2. The van der Waals surface area contributed by atoms with Gasteiger partial charge >= 0.3 is 0 Å². The molecule has 0 bridgehead atoms. The number of thiophene rings is 1. The quantitative estimate of drug-likeness (QED) is 0.788. The predicted octanol–water partition coefficient (Wildman–Crippen LogP) is 3.86. The molecule has 0 fully saturated rings. The van der Waals surface area contributed by atoms with E-state index in [9.17, 15) is 5.11 Å². The average molecular weight is 337 g/mol. The van der Waals surface area contributed by atoms with E-state index in [2.05, 4.69) is 26.1 Å². The smallest absolute Gasteiger partial charge is 0.271 e. The Balaban J connectivity index is 1.87. The molecule has 0 spiro atoms. The first-order chi connectivity index (χ1) is 9.24. The van der Waals surface area contributed by atoms with Crippen LogP contribution in [0.25, 0.3) is 10.8 Å². The van der Waals surface area contributed by atoms with Gasteiger partial charge in [0.05, 0.1) is 0 Å². The molecule has 96 valence electrons. The molecule has 3 aromatic rings. The number of hydrogen-bond acceptors (Lipinski definition) is 5. The molecular weight excluding hydrogens is 328 g/mol. The third-order valence-electron chi connectivity index (χ3n) is 2.61. The first-order valence-electron chi connectivity index (χ1n) is 5.57. The molecule has 0 saturated carbocycles. The lowest BCUT2D eigenvalue weighted by Gasteiger charge is -1.99. The maximum Gasteiger partial charge on any atom is 0.271 e. The van der Waals surface area contributed by atoms with E-state index in [1.807, 2.05) is 24.3 Å². The van der Waals surface area contributed by atoms with Crippen molar-refractivity contribution in [3.63, 3.8) is 0 Å². The van der Waals surface area contributed by atoms with Gasteiger partial charge in [-0.3, -0.25) is 0 Å². The monoisotopic (exact) mass is 336 g/mol. The van der Waals surface area contributed by atoms with E-state index in [-0.39, 0.29) is 5.75 Å². The zero-order valence-electron chi connectivity index (χ0n) is 9.71. The van der Waals surface area contributed by atoms with Crippen molar-refractivity contribution in [3.05, 3.63) is 51.6 Å². The van der Waals surface area contributed by atoms with Crippen molar-refractivity contribution in [1.29, 1.82) is 0 Å². The fraction of sp³-hybridized carbons (Fsp3) is 0.0769. The lowest BCUT2D eigenvalue weighted by atomic mass is 10.1. The molecule has 2 aromatic heterocycles. The Morgan fingerprint density at radius 2 is 2.11 bits per heavy atom. The Morgan fingerprint density at radius 1 is 1.26 bits per heavy atom. The Bertz CT molecular complexity index is 708. The number of aromatic nitrogens is 2. The van der Waals surface area contributed by atoms with Crippen LogP contribution in [0.4, 0.5) is 0 Å². The first-order valence-corrected chi connectivity index (χ1v) is 7.24. The van der Waals surface area contributed by atoms with Crippen LogP contribution in [0.1, 0.15) is 11.4 Å². The van der Waals surface area contributed by atoms with Crippen molar-refractivity contribution < 1.29 is 9.63 Å². The van der Waals surface area contributed by atoms with E-state index in [0.717, 1.165) is 10.0 Å². The summed E-state index contributed by atoms with van der Waals surface area (Å²) in [5.41, 5.74) is 1.09. The second kappa shape index (κ2) is 5.14. The maximum atomic E-state index is 9.62. The summed E-state index contributed by atoms with van der Waals surface area (Å²) in [5, 5.41) is 15.3. The van der Waals surface area contributed by atoms with Crippen LogP contribution in [0.5, 0.6) is 5.75 Å². The summed E-state index contributed by atoms with van der Waals surface area (Å²) in [6.07, 6.45) is 0.580. The zero-order chi connectivity index (χ0) is 13.2. The van der Waals surface area contributed by atoms with Crippen LogP contribution >= 0.6 is 27.3 Å². The molecular formula is C13H9BrN2O2S. The maximum absolute atomic E-state index is 9.62. The Morgan fingerprint density at radius 3 is 2.84 bits per heavy atom. The van der Waals surface area contributed by atoms with Gasteiger partial charge in [0.2, 0.25) is 0 Å². The van der Waals surface area contributed by atoms with Crippen LogP contribution in [0.2, 0.25) is 0 Å². The third kappa shape index (κ3) is 2.54. The molecule has 0 unspecified atom stereocenters. The van der Waals surface area contributed by atoms with Crippen LogP contribution in [0.15, 0.2) is 44.7 Å². The average Bonchev–Trinajstić information content (AvgIpc) is 3.01. The minimum atomic E-state index is 0.168. The van der Waals surface area contributed by atoms with Crippen LogP contribution in [0.3, 0.4) is 0 Å². The largest absolute Gasteiger partial charge is 0.506 e. The van der Waals surface area contributed by atoms with Gasteiger partial charge in [-0.1, -0.05) is 39.3 Å². The molecule has 19 heavy (non-hydrogen) atoms. The van der Waals surface area contributed by atoms with Gasteiger partial charge < -0.3 is 9.63 Å². The van der Waals surface area contributed by atoms with Gasteiger partial charge in [0.15, 0.2) is 5.82 Å². The second-order valence-corrected chi connectivity index (χ2v) is 5.69. The van der Waals surface area contributed by atoms with E-state index in [4.69, 9.17) is 4.52 Å². The summed E-state index contributed by atoms with van der Waals surface area (Å²) in [5.74, 6) is 1.12. The van der Waals surface area contributed by atoms with Crippen LogP contribution in [-0.2, 0) is 6.42 Å². The number of rotatable bonds is 3. The van der Waals surface area contributed by atoms with E-state index < -0.39 is 0 Å². The van der Waals surface area contributed by atoms with Crippen LogP contribution in [0, 0.1) is 0 Å². The highest BCUT2D eigenvalue weighted by atomic mass is 79.9. The summed E-state index contributed by atoms with van der Waals surface area (Å²) < 4.78 is 6.19. The first kappa shape index (κ1) is 12.4. The van der Waals surface area contributed by atoms with Gasteiger partial charge in [-0.2, -0.15) is 4.98 Å². The van der Waals surface area contributed by atoms with Gasteiger partial charge in [-0.05, 0) is 23.1 Å². The Labute approximate surface area is 121 Å². The molecule has 0 aliphatic heterocycles. The minimum absolute atomic E-state index is 0.168. The lowest BCUT2D eigenvalue weighted by molar-refractivity contribution is 0.420. The van der Waals surface area contributed by atoms with Crippen molar-refractivity contribution in [2.45, 2.75) is 6.42 Å². The summed E-state index contributed by atoms with van der Waals surface area (Å²) in [6, 6.07) is 9.51. The Hall–Kier alpha value is -1.66. The molecule has 1 N–H and O–H groups in total. The molecule has 1 aromatic carbocycles. The van der Waals surface area contributed by atoms with Crippen molar-refractivity contribution in [1.82, 2.24) is 10.1 Å². The number of benzene rings is 1. The molecule has 0 aliphatic rings. The third-order valence-corrected chi connectivity index (χ3v) is 4.28. The SMILES string of the molecule is Oc1ccsc1-c1nc(Cc2ccccc2Br)no1. The predicted molar refractivity (Wildman–Crippen MR) is 76.2 cm³/mol. The van der Waals surface area contributed by atoms with Crippen molar-refractivity contribution >= 4 is 27.3 Å². The minimum Gasteiger partial charge on any atom is -0.506 e. The van der Waals surface area contributed by atoms with E-state index in [1.54, 1.807) is 11.4 Å². The van der Waals surface area contributed by atoms with E-state index in [0.29, 0.717) is 23.0 Å². The summed E-state index contributed by atoms with van der Waals surface area (Å²) >= 11 is 4.86. The lowest BCUT2D eigenvalue weighted by Crippen LogP contribution is -1.91. The van der Waals surface area contributed by atoms with Gasteiger partial charge in [-0.25, -0.2) is 0 Å². The van der Waals surface area contributed by atoms with E-state index >= 15 is 0 Å². The summed E-state index contributed by atoms with van der Waals surface area (Å²) in [4.78, 5) is 4.90. The summed E-state index contributed by atoms with van der Waals surface area (Å²) in [6.45, 7) is 0. The fourth-order valence-electron chi connectivity index (χ4n) is 1.69. The molecule has 0 saturated heterocycles. The number of hydrogen-bond donors (Lipinski definition) is 1. The molecule has 4 nitrogen and oxygen atoms in total. The topological polar surface area (TPSA) is 59.2 Å². The highest BCUT2D eigenvalue weighted by Gasteiger charge is 2.14. The number of nitrogens with zero attached hydrogens (tertiary/aromatic N) is 2. The highest BCUT2D eigenvalue weighted by Crippen LogP contribution is 2.33. The molecule has 6 heteroatoms. The normalized spacial score (nSPS) is 10.8. The van der Waals surface area contributed by atoms with Gasteiger partial charge in [0.1, 0.15) is 10.6 Å². The molecule has 3 rings (SSSR count). The molecule has 0 atom stereocenters. The zero-order valence-corrected chi connectivity index (χ0v) is 12.1. The molecule has 0 aliphatic carbocycles. The molecule has 2 heterocycles. The molecule has 0 radical (unpaired) electrons. The van der Waals surface area contributed by atoms with Gasteiger partial charge in [0.25, 0.3) is 5.89 Å². The van der Waals surface area contributed by atoms with Crippen LogP contribution in [-0.4, -0.2) is 15.2 Å². The Kier molecular flexibility index (Phi) is 3.35.